The summed E-state index contributed by atoms with van der Waals surface area (Å²) < 4.78 is 0. The Morgan fingerprint density at radius 2 is 2.43 bits per heavy atom. The first kappa shape index (κ1) is 8.99. The standard InChI is InChI=1S/C10H12N2O2/c1-6-4-5-11-7-2-3-8(10(13)14)12-9(6)7/h2-3,6,11H,4-5H2,1H3,(H,13,14)/t6-/m1/s1. The van der Waals surface area contributed by atoms with E-state index in [-0.39, 0.29) is 5.69 Å². The second-order valence-corrected chi connectivity index (χ2v) is 3.55. The molecule has 0 spiro atoms. The lowest BCUT2D eigenvalue weighted by atomic mass is 9.98. The number of anilines is 1. The van der Waals surface area contributed by atoms with Crippen molar-refractivity contribution in [1.82, 2.24) is 4.98 Å². The summed E-state index contributed by atoms with van der Waals surface area (Å²) in [6.45, 7) is 3.00. The molecule has 1 atom stereocenters. The Labute approximate surface area is 82.0 Å². The van der Waals surface area contributed by atoms with E-state index in [0.717, 1.165) is 24.3 Å². The maximum atomic E-state index is 10.7. The molecule has 0 saturated carbocycles. The Bertz CT molecular complexity index is 376. The van der Waals surface area contributed by atoms with Crippen LogP contribution in [0.3, 0.4) is 0 Å². The van der Waals surface area contributed by atoms with Crippen LogP contribution in [0.15, 0.2) is 12.1 Å². The van der Waals surface area contributed by atoms with Gasteiger partial charge in [0.1, 0.15) is 5.69 Å². The van der Waals surface area contributed by atoms with Crippen LogP contribution in [0, 0.1) is 0 Å². The van der Waals surface area contributed by atoms with Gasteiger partial charge in [0.2, 0.25) is 0 Å². The van der Waals surface area contributed by atoms with Gasteiger partial charge in [0.25, 0.3) is 0 Å². The van der Waals surface area contributed by atoms with Crippen molar-refractivity contribution in [3.8, 4) is 0 Å². The normalized spacial score (nSPS) is 19.6. The third kappa shape index (κ3) is 1.43. The van der Waals surface area contributed by atoms with Crippen molar-refractivity contribution in [2.75, 3.05) is 11.9 Å². The highest BCUT2D eigenvalue weighted by Crippen LogP contribution is 2.29. The molecule has 2 heterocycles. The van der Waals surface area contributed by atoms with Gasteiger partial charge in [0.15, 0.2) is 0 Å². The molecule has 0 unspecified atom stereocenters. The third-order valence-electron chi connectivity index (χ3n) is 2.50. The predicted octanol–water partition coefficient (Wildman–Crippen LogP) is 1.70. The third-order valence-corrected chi connectivity index (χ3v) is 2.50. The fourth-order valence-electron chi connectivity index (χ4n) is 1.68. The van der Waals surface area contributed by atoms with Gasteiger partial charge in [-0.05, 0) is 18.6 Å². The number of fused-ring (bicyclic) bond motifs is 1. The molecule has 14 heavy (non-hydrogen) atoms. The van der Waals surface area contributed by atoms with Crippen LogP contribution in [0.2, 0.25) is 0 Å². The number of nitrogens with one attached hydrogen (secondary N) is 1. The van der Waals surface area contributed by atoms with Crippen LogP contribution in [0.4, 0.5) is 5.69 Å². The first-order valence-electron chi connectivity index (χ1n) is 4.66. The van der Waals surface area contributed by atoms with Gasteiger partial charge in [-0.25, -0.2) is 9.78 Å². The molecule has 0 fully saturated rings. The molecule has 0 aliphatic carbocycles. The van der Waals surface area contributed by atoms with E-state index in [2.05, 4.69) is 17.2 Å². The molecule has 0 radical (unpaired) electrons. The molecule has 1 aromatic rings. The number of aromatic nitrogens is 1. The van der Waals surface area contributed by atoms with Crippen LogP contribution >= 0.6 is 0 Å². The second-order valence-electron chi connectivity index (χ2n) is 3.55. The molecule has 1 aliphatic heterocycles. The summed E-state index contributed by atoms with van der Waals surface area (Å²) in [4.78, 5) is 14.8. The first-order chi connectivity index (χ1) is 6.68. The monoisotopic (exact) mass is 192 g/mol. The highest BCUT2D eigenvalue weighted by atomic mass is 16.4. The molecular weight excluding hydrogens is 180 g/mol. The number of hydrogen-bond donors (Lipinski definition) is 2. The molecule has 0 bridgehead atoms. The molecule has 0 aromatic carbocycles. The molecule has 0 amide bonds. The van der Waals surface area contributed by atoms with Crippen LogP contribution in [-0.2, 0) is 0 Å². The number of aromatic carboxylic acids is 1. The fraction of sp³-hybridized carbons (Fsp3) is 0.400. The summed E-state index contributed by atoms with van der Waals surface area (Å²) in [5.41, 5.74) is 1.96. The maximum Gasteiger partial charge on any atom is 0.354 e. The van der Waals surface area contributed by atoms with Crippen LogP contribution in [0.5, 0.6) is 0 Å². The molecule has 1 aromatic heterocycles. The van der Waals surface area contributed by atoms with E-state index in [0.29, 0.717) is 5.92 Å². The van der Waals surface area contributed by atoms with Crippen molar-refractivity contribution >= 4 is 11.7 Å². The van der Waals surface area contributed by atoms with E-state index in [9.17, 15) is 4.79 Å². The number of carboxylic acids is 1. The zero-order valence-electron chi connectivity index (χ0n) is 7.95. The molecule has 1 aliphatic rings. The Morgan fingerprint density at radius 3 is 3.14 bits per heavy atom. The topological polar surface area (TPSA) is 62.2 Å². The van der Waals surface area contributed by atoms with Crippen molar-refractivity contribution in [1.29, 1.82) is 0 Å². The Morgan fingerprint density at radius 1 is 1.64 bits per heavy atom. The van der Waals surface area contributed by atoms with E-state index < -0.39 is 5.97 Å². The van der Waals surface area contributed by atoms with Gasteiger partial charge in [-0.2, -0.15) is 0 Å². The van der Waals surface area contributed by atoms with E-state index in [4.69, 9.17) is 5.11 Å². The fourth-order valence-corrected chi connectivity index (χ4v) is 1.68. The highest BCUT2D eigenvalue weighted by molar-refractivity contribution is 5.85. The molecular formula is C10H12N2O2. The van der Waals surface area contributed by atoms with Crippen LogP contribution in [0.1, 0.15) is 35.4 Å². The van der Waals surface area contributed by atoms with Gasteiger partial charge >= 0.3 is 5.97 Å². The van der Waals surface area contributed by atoms with Crippen LogP contribution in [-0.4, -0.2) is 22.6 Å². The van der Waals surface area contributed by atoms with Gasteiger partial charge in [0.05, 0.1) is 11.4 Å². The Hall–Kier alpha value is -1.58. The van der Waals surface area contributed by atoms with Gasteiger partial charge < -0.3 is 10.4 Å². The Kier molecular flexibility index (Phi) is 2.11. The maximum absolute atomic E-state index is 10.7. The van der Waals surface area contributed by atoms with Crippen molar-refractivity contribution in [3.63, 3.8) is 0 Å². The van der Waals surface area contributed by atoms with E-state index >= 15 is 0 Å². The summed E-state index contributed by atoms with van der Waals surface area (Å²) in [6.07, 6.45) is 1.00. The number of rotatable bonds is 1. The van der Waals surface area contributed by atoms with Gasteiger partial charge in [0, 0.05) is 12.5 Å². The van der Waals surface area contributed by atoms with E-state index in [1.807, 2.05) is 0 Å². The second kappa shape index (κ2) is 3.29. The smallest absolute Gasteiger partial charge is 0.354 e. The van der Waals surface area contributed by atoms with Crippen molar-refractivity contribution in [2.45, 2.75) is 19.3 Å². The van der Waals surface area contributed by atoms with Crippen LogP contribution < -0.4 is 5.32 Å². The minimum atomic E-state index is -0.967. The average molecular weight is 192 g/mol. The largest absolute Gasteiger partial charge is 0.477 e. The SMILES string of the molecule is C[C@@H]1CCNc2ccc(C(=O)O)nc21. The summed E-state index contributed by atoms with van der Waals surface area (Å²) in [5.74, 6) is -0.629. The van der Waals surface area contributed by atoms with E-state index in [1.165, 1.54) is 6.07 Å². The molecule has 2 N–H and O–H groups in total. The lowest BCUT2D eigenvalue weighted by molar-refractivity contribution is 0.0690. The number of hydrogen-bond acceptors (Lipinski definition) is 3. The quantitative estimate of drug-likeness (QED) is 0.710. The molecule has 2 rings (SSSR count). The number of nitrogens with zero attached hydrogens (tertiary/aromatic N) is 1. The lowest BCUT2D eigenvalue weighted by Gasteiger charge is -2.22. The Balaban J connectivity index is 2.45. The van der Waals surface area contributed by atoms with Gasteiger partial charge in [-0.3, -0.25) is 0 Å². The highest BCUT2D eigenvalue weighted by Gasteiger charge is 2.19. The summed E-state index contributed by atoms with van der Waals surface area (Å²) in [7, 11) is 0. The minimum Gasteiger partial charge on any atom is -0.477 e. The lowest BCUT2D eigenvalue weighted by Crippen LogP contribution is -2.17. The van der Waals surface area contributed by atoms with E-state index in [1.54, 1.807) is 6.07 Å². The number of carbonyl (C=O) groups is 1. The number of pyridine rings is 1. The summed E-state index contributed by atoms with van der Waals surface area (Å²) in [5, 5.41) is 12.0. The first-order valence-corrected chi connectivity index (χ1v) is 4.66. The zero-order valence-corrected chi connectivity index (χ0v) is 7.95. The molecule has 0 saturated heterocycles. The summed E-state index contributed by atoms with van der Waals surface area (Å²) >= 11 is 0. The zero-order chi connectivity index (χ0) is 10.1. The average Bonchev–Trinajstić information content (AvgIpc) is 2.18. The molecule has 74 valence electrons. The van der Waals surface area contributed by atoms with Crippen molar-refractivity contribution < 1.29 is 9.90 Å². The molecule has 4 heteroatoms. The van der Waals surface area contributed by atoms with Gasteiger partial charge in [-0.15, -0.1) is 0 Å². The number of carboxylic acid groups (broad SMARTS) is 1. The summed E-state index contributed by atoms with van der Waals surface area (Å²) in [6, 6.07) is 3.33. The minimum absolute atomic E-state index is 0.124. The molecule has 4 nitrogen and oxygen atoms in total. The van der Waals surface area contributed by atoms with Gasteiger partial charge in [-0.1, -0.05) is 6.92 Å². The predicted molar refractivity (Wildman–Crippen MR) is 52.7 cm³/mol. The van der Waals surface area contributed by atoms with Crippen molar-refractivity contribution in [2.24, 2.45) is 0 Å². The van der Waals surface area contributed by atoms with Crippen molar-refractivity contribution in [3.05, 3.63) is 23.5 Å². The van der Waals surface area contributed by atoms with Crippen LogP contribution in [0.25, 0.3) is 0 Å².